The Bertz CT molecular complexity index is 209. The number of thioether (sulfide) groups is 1. The average Bonchev–Trinajstić information content (AvgIpc) is 2.86. The highest BCUT2D eigenvalue weighted by molar-refractivity contribution is 8.00. The molecule has 2 fully saturated rings. The average molecular weight is 209 g/mol. The summed E-state index contributed by atoms with van der Waals surface area (Å²) < 4.78 is 0. The van der Waals surface area contributed by atoms with E-state index < -0.39 is 0 Å². The summed E-state index contributed by atoms with van der Waals surface area (Å²) >= 11 is 1.99. The van der Waals surface area contributed by atoms with Crippen LogP contribution in [-0.4, -0.2) is 10.5 Å². The Balaban J connectivity index is 1.83. The van der Waals surface area contributed by atoms with Crippen molar-refractivity contribution in [1.29, 1.82) is 5.26 Å². The molecule has 2 aliphatic carbocycles. The highest BCUT2D eigenvalue weighted by Crippen LogP contribution is 2.39. The number of hydrogen-bond acceptors (Lipinski definition) is 2. The first-order valence-electron chi connectivity index (χ1n) is 5.95. The summed E-state index contributed by atoms with van der Waals surface area (Å²) in [5.41, 5.74) is 0. The first kappa shape index (κ1) is 10.4. The fourth-order valence-corrected chi connectivity index (χ4v) is 4.31. The van der Waals surface area contributed by atoms with Crippen LogP contribution < -0.4 is 0 Å². The summed E-state index contributed by atoms with van der Waals surface area (Å²) in [6.07, 6.45) is 10.8. The molecule has 0 amide bonds. The van der Waals surface area contributed by atoms with Crippen LogP contribution in [0.25, 0.3) is 0 Å². The van der Waals surface area contributed by atoms with Gasteiger partial charge in [-0.15, -0.1) is 11.8 Å². The molecular formula is C12H19NS. The van der Waals surface area contributed by atoms with Crippen LogP contribution in [0.5, 0.6) is 0 Å². The van der Waals surface area contributed by atoms with Gasteiger partial charge in [0.1, 0.15) is 0 Å². The van der Waals surface area contributed by atoms with E-state index in [1.165, 1.54) is 51.4 Å². The third-order valence-electron chi connectivity index (χ3n) is 3.60. The number of rotatable bonds is 3. The molecule has 0 aromatic carbocycles. The van der Waals surface area contributed by atoms with Crippen molar-refractivity contribution in [2.24, 2.45) is 5.92 Å². The van der Waals surface area contributed by atoms with Gasteiger partial charge in [0.05, 0.1) is 11.3 Å². The molecule has 1 atom stereocenters. The van der Waals surface area contributed by atoms with Gasteiger partial charge in [0.2, 0.25) is 0 Å². The fourth-order valence-electron chi connectivity index (χ4n) is 2.74. The lowest BCUT2D eigenvalue weighted by atomic mass is 10.1. The zero-order chi connectivity index (χ0) is 9.80. The van der Waals surface area contributed by atoms with Gasteiger partial charge >= 0.3 is 0 Å². The summed E-state index contributed by atoms with van der Waals surface area (Å²) in [5, 5.41) is 10.3. The molecule has 1 nitrogen and oxygen atoms in total. The van der Waals surface area contributed by atoms with Gasteiger partial charge in [-0.05, 0) is 31.6 Å². The third-order valence-corrected chi connectivity index (χ3v) is 5.24. The molecule has 0 radical (unpaired) electrons. The van der Waals surface area contributed by atoms with E-state index in [9.17, 15) is 5.26 Å². The molecule has 2 heteroatoms. The maximum Gasteiger partial charge on any atom is 0.0947 e. The zero-order valence-corrected chi connectivity index (χ0v) is 9.56. The normalized spacial score (nSPS) is 26.5. The van der Waals surface area contributed by atoms with E-state index in [1.807, 2.05) is 11.8 Å². The van der Waals surface area contributed by atoms with E-state index in [2.05, 4.69) is 6.07 Å². The Kier molecular flexibility index (Phi) is 3.75. The number of nitrogens with zero attached hydrogens (tertiary/aromatic N) is 1. The maximum absolute atomic E-state index is 9.18. The minimum absolute atomic E-state index is 0.306. The molecule has 0 aliphatic heterocycles. The summed E-state index contributed by atoms with van der Waals surface area (Å²) in [7, 11) is 0. The lowest BCUT2D eigenvalue weighted by Gasteiger charge is -2.19. The summed E-state index contributed by atoms with van der Waals surface area (Å²) in [6.45, 7) is 0. The number of hydrogen-bond donors (Lipinski definition) is 0. The van der Waals surface area contributed by atoms with Crippen molar-refractivity contribution < 1.29 is 0 Å². The lowest BCUT2D eigenvalue weighted by Crippen LogP contribution is -2.15. The Morgan fingerprint density at radius 2 is 1.57 bits per heavy atom. The second kappa shape index (κ2) is 5.07. The lowest BCUT2D eigenvalue weighted by molar-refractivity contribution is 0.573. The summed E-state index contributed by atoms with van der Waals surface area (Å²) in [4.78, 5) is 0. The predicted molar refractivity (Wildman–Crippen MR) is 61.2 cm³/mol. The first-order chi connectivity index (χ1) is 6.90. The highest BCUT2D eigenvalue weighted by Gasteiger charge is 2.28. The van der Waals surface area contributed by atoms with Gasteiger partial charge in [0, 0.05) is 5.25 Å². The molecule has 1 unspecified atom stereocenters. The number of nitriles is 1. The SMILES string of the molecule is N#CC(SC1CCCC1)C1CCCC1. The van der Waals surface area contributed by atoms with Crippen LogP contribution in [0.4, 0.5) is 0 Å². The van der Waals surface area contributed by atoms with Gasteiger partial charge < -0.3 is 0 Å². The molecule has 14 heavy (non-hydrogen) atoms. The second-order valence-electron chi connectivity index (χ2n) is 4.64. The van der Waals surface area contributed by atoms with Gasteiger partial charge in [0.15, 0.2) is 0 Å². The van der Waals surface area contributed by atoms with Crippen LogP contribution in [-0.2, 0) is 0 Å². The van der Waals surface area contributed by atoms with Crippen LogP contribution in [0, 0.1) is 17.2 Å². The zero-order valence-electron chi connectivity index (χ0n) is 8.74. The predicted octanol–water partition coefficient (Wildman–Crippen LogP) is 3.74. The molecule has 0 saturated heterocycles. The van der Waals surface area contributed by atoms with Crippen LogP contribution in [0.1, 0.15) is 51.4 Å². The van der Waals surface area contributed by atoms with Crippen molar-refractivity contribution >= 4 is 11.8 Å². The molecule has 2 saturated carbocycles. The molecule has 78 valence electrons. The van der Waals surface area contributed by atoms with Crippen molar-refractivity contribution in [2.45, 2.75) is 61.9 Å². The Morgan fingerprint density at radius 1 is 1.00 bits per heavy atom. The van der Waals surface area contributed by atoms with Gasteiger partial charge in [-0.25, -0.2) is 0 Å². The van der Waals surface area contributed by atoms with Crippen LogP contribution in [0.15, 0.2) is 0 Å². The van der Waals surface area contributed by atoms with Crippen molar-refractivity contribution in [1.82, 2.24) is 0 Å². The van der Waals surface area contributed by atoms with E-state index in [0.717, 1.165) is 5.25 Å². The van der Waals surface area contributed by atoms with Crippen LogP contribution >= 0.6 is 11.8 Å². The van der Waals surface area contributed by atoms with Crippen molar-refractivity contribution in [3.63, 3.8) is 0 Å². The third kappa shape index (κ3) is 2.45. The molecule has 0 bridgehead atoms. The molecule has 0 spiro atoms. The molecule has 2 rings (SSSR count). The second-order valence-corrected chi connectivity index (χ2v) is 6.08. The Morgan fingerprint density at radius 3 is 2.14 bits per heavy atom. The minimum atomic E-state index is 0.306. The first-order valence-corrected chi connectivity index (χ1v) is 6.89. The molecular weight excluding hydrogens is 190 g/mol. The fraction of sp³-hybridized carbons (Fsp3) is 0.917. The van der Waals surface area contributed by atoms with Gasteiger partial charge in [0.25, 0.3) is 0 Å². The molecule has 2 aliphatic rings. The van der Waals surface area contributed by atoms with Crippen molar-refractivity contribution in [2.75, 3.05) is 0 Å². The van der Waals surface area contributed by atoms with Gasteiger partial charge in [-0.3, -0.25) is 0 Å². The van der Waals surface area contributed by atoms with Crippen molar-refractivity contribution in [3.8, 4) is 6.07 Å². The van der Waals surface area contributed by atoms with E-state index in [4.69, 9.17) is 0 Å². The molecule has 0 aromatic heterocycles. The van der Waals surface area contributed by atoms with E-state index in [-0.39, 0.29) is 0 Å². The summed E-state index contributed by atoms with van der Waals surface area (Å²) in [6, 6.07) is 2.53. The standard InChI is InChI=1S/C12H19NS/c13-9-12(10-5-1-2-6-10)14-11-7-3-4-8-11/h10-12H,1-8H2. The minimum Gasteiger partial charge on any atom is -0.197 e. The van der Waals surface area contributed by atoms with E-state index in [0.29, 0.717) is 11.2 Å². The van der Waals surface area contributed by atoms with Crippen molar-refractivity contribution in [3.05, 3.63) is 0 Å². The Hall–Kier alpha value is -0.160. The summed E-state index contributed by atoms with van der Waals surface area (Å²) in [5.74, 6) is 0.714. The van der Waals surface area contributed by atoms with Gasteiger partial charge in [-0.2, -0.15) is 5.26 Å². The maximum atomic E-state index is 9.18. The highest BCUT2D eigenvalue weighted by atomic mass is 32.2. The largest absolute Gasteiger partial charge is 0.197 e. The monoisotopic (exact) mass is 209 g/mol. The smallest absolute Gasteiger partial charge is 0.0947 e. The van der Waals surface area contributed by atoms with Gasteiger partial charge in [-0.1, -0.05) is 25.7 Å². The Labute approximate surface area is 91.3 Å². The molecule has 0 heterocycles. The molecule has 0 N–H and O–H groups in total. The quantitative estimate of drug-likeness (QED) is 0.707. The topological polar surface area (TPSA) is 23.8 Å². The molecule has 0 aromatic rings. The van der Waals surface area contributed by atoms with Crippen LogP contribution in [0.2, 0.25) is 0 Å². The van der Waals surface area contributed by atoms with E-state index in [1.54, 1.807) is 0 Å². The van der Waals surface area contributed by atoms with Crippen LogP contribution in [0.3, 0.4) is 0 Å². The van der Waals surface area contributed by atoms with E-state index >= 15 is 0 Å².